The number of benzene rings is 1. The van der Waals surface area contributed by atoms with Gasteiger partial charge in [-0.1, -0.05) is 23.9 Å². The van der Waals surface area contributed by atoms with Crippen LogP contribution in [0.4, 0.5) is 0 Å². The SMILES string of the molecule is Cc1ccc(CN(C)C(=O)CSc2nc3ccccc3n2C)o1. The summed E-state index contributed by atoms with van der Waals surface area (Å²) in [5.74, 6) is 2.06. The number of nitrogens with zero attached hydrogens (tertiary/aromatic N) is 3. The van der Waals surface area contributed by atoms with Crippen LogP contribution in [0.5, 0.6) is 0 Å². The molecule has 0 bridgehead atoms. The fourth-order valence-electron chi connectivity index (χ4n) is 2.38. The number of thioether (sulfide) groups is 1. The van der Waals surface area contributed by atoms with Gasteiger partial charge in [-0.3, -0.25) is 4.79 Å². The number of carbonyl (C=O) groups is 1. The zero-order valence-electron chi connectivity index (χ0n) is 13.4. The van der Waals surface area contributed by atoms with Crippen molar-refractivity contribution in [3.8, 4) is 0 Å². The fraction of sp³-hybridized carbons (Fsp3) is 0.294. The second kappa shape index (κ2) is 6.50. The predicted molar refractivity (Wildman–Crippen MR) is 91.4 cm³/mol. The Balaban J connectivity index is 1.62. The lowest BCUT2D eigenvalue weighted by Crippen LogP contribution is -2.27. The van der Waals surface area contributed by atoms with Gasteiger partial charge in [-0.25, -0.2) is 4.98 Å². The molecule has 0 spiro atoms. The first kappa shape index (κ1) is 15.7. The van der Waals surface area contributed by atoms with Crippen LogP contribution in [-0.2, 0) is 18.4 Å². The molecule has 2 aromatic heterocycles. The molecule has 0 N–H and O–H groups in total. The van der Waals surface area contributed by atoms with Crippen molar-refractivity contribution in [2.75, 3.05) is 12.8 Å². The molecule has 1 amide bonds. The second-order valence-corrected chi connectivity index (χ2v) is 6.44. The Morgan fingerprint density at radius 3 is 2.78 bits per heavy atom. The molecule has 2 heterocycles. The van der Waals surface area contributed by atoms with Gasteiger partial charge in [-0.05, 0) is 31.2 Å². The minimum atomic E-state index is 0.0520. The Morgan fingerprint density at radius 2 is 2.09 bits per heavy atom. The summed E-state index contributed by atoms with van der Waals surface area (Å²) in [6.45, 7) is 2.38. The average Bonchev–Trinajstić information content (AvgIpc) is 3.09. The van der Waals surface area contributed by atoms with E-state index in [9.17, 15) is 4.79 Å². The molecule has 0 saturated heterocycles. The third-order valence-electron chi connectivity index (χ3n) is 3.69. The van der Waals surface area contributed by atoms with Gasteiger partial charge in [0.2, 0.25) is 5.91 Å². The molecule has 3 rings (SSSR count). The summed E-state index contributed by atoms with van der Waals surface area (Å²) in [6.07, 6.45) is 0. The van der Waals surface area contributed by atoms with E-state index in [1.165, 1.54) is 11.8 Å². The number of carbonyl (C=O) groups excluding carboxylic acids is 1. The molecule has 6 heteroatoms. The van der Waals surface area contributed by atoms with Crippen molar-refractivity contribution in [3.63, 3.8) is 0 Å². The summed E-state index contributed by atoms with van der Waals surface area (Å²) in [5, 5.41) is 0.849. The predicted octanol–water partition coefficient (Wildman–Crippen LogP) is 3.23. The molecule has 3 aromatic rings. The van der Waals surface area contributed by atoms with E-state index in [0.717, 1.165) is 27.7 Å². The summed E-state index contributed by atoms with van der Waals surface area (Å²) in [6, 6.07) is 11.8. The number of hydrogen-bond acceptors (Lipinski definition) is 4. The zero-order valence-corrected chi connectivity index (χ0v) is 14.3. The number of imidazole rings is 1. The molecule has 120 valence electrons. The van der Waals surface area contributed by atoms with E-state index in [1.807, 2.05) is 54.9 Å². The third kappa shape index (κ3) is 3.42. The van der Waals surface area contributed by atoms with Gasteiger partial charge in [0.05, 0.1) is 23.3 Å². The summed E-state index contributed by atoms with van der Waals surface area (Å²) in [4.78, 5) is 18.5. The van der Waals surface area contributed by atoms with Crippen molar-refractivity contribution in [2.24, 2.45) is 7.05 Å². The van der Waals surface area contributed by atoms with Crippen LogP contribution in [0.3, 0.4) is 0 Å². The average molecular weight is 329 g/mol. The Labute approximate surface area is 139 Å². The largest absolute Gasteiger partial charge is 0.464 e. The maximum atomic E-state index is 12.3. The maximum Gasteiger partial charge on any atom is 0.233 e. The first-order valence-corrected chi connectivity index (χ1v) is 8.36. The van der Waals surface area contributed by atoms with Crippen LogP contribution in [0.25, 0.3) is 11.0 Å². The van der Waals surface area contributed by atoms with E-state index in [-0.39, 0.29) is 5.91 Å². The number of para-hydroxylation sites is 2. The lowest BCUT2D eigenvalue weighted by molar-refractivity contribution is -0.127. The Bertz CT molecular complexity index is 837. The van der Waals surface area contributed by atoms with Crippen molar-refractivity contribution in [3.05, 3.63) is 47.9 Å². The quantitative estimate of drug-likeness (QED) is 0.674. The van der Waals surface area contributed by atoms with Crippen LogP contribution < -0.4 is 0 Å². The number of hydrogen-bond donors (Lipinski definition) is 0. The molecule has 0 aliphatic rings. The Kier molecular flexibility index (Phi) is 4.43. The first-order chi connectivity index (χ1) is 11.0. The number of fused-ring (bicyclic) bond motifs is 1. The molecule has 23 heavy (non-hydrogen) atoms. The fourth-order valence-corrected chi connectivity index (χ4v) is 3.31. The van der Waals surface area contributed by atoms with Gasteiger partial charge in [0.15, 0.2) is 5.16 Å². The highest BCUT2D eigenvalue weighted by atomic mass is 32.2. The molecule has 0 fully saturated rings. The van der Waals surface area contributed by atoms with Crippen molar-refractivity contribution in [1.29, 1.82) is 0 Å². The van der Waals surface area contributed by atoms with Gasteiger partial charge in [0.25, 0.3) is 0 Å². The smallest absolute Gasteiger partial charge is 0.233 e. The van der Waals surface area contributed by atoms with Crippen molar-refractivity contribution < 1.29 is 9.21 Å². The van der Waals surface area contributed by atoms with E-state index >= 15 is 0 Å². The molecule has 0 saturated carbocycles. The van der Waals surface area contributed by atoms with E-state index < -0.39 is 0 Å². The summed E-state index contributed by atoms with van der Waals surface area (Å²) in [7, 11) is 3.76. The number of furan rings is 1. The van der Waals surface area contributed by atoms with E-state index in [2.05, 4.69) is 4.98 Å². The monoisotopic (exact) mass is 329 g/mol. The van der Waals surface area contributed by atoms with Crippen molar-refractivity contribution in [1.82, 2.24) is 14.5 Å². The number of amides is 1. The minimum Gasteiger partial charge on any atom is -0.464 e. The van der Waals surface area contributed by atoms with Gasteiger partial charge < -0.3 is 13.9 Å². The summed E-state index contributed by atoms with van der Waals surface area (Å²) in [5.41, 5.74) is 2.02. The molecular formula is C17H19N3O2S. The minimum absolute atomic E-state index is 0.0520. The molecule has 0 aliphatic heterocycles. The molecular weight excluding hydrogens is 310 g/mol. The maximum absolute atomic E-state index is 12.3. The van der Waals surface area contributed by atoms with Gasteiger partial charge in [-0.15, -0.1) is 0 Å². The Hall–Kier alpha value is -2.21. The highest BCUT2D eigenvalue weighted by molar-refractivity contribution is 7.99. The van der Waals surface area contributed by atoms with Gasteiger partial charge in [0, 0.05) is 14.1 Å². The highest BCUT2D eigenvalue weighted by Gasteiger charge is 2.14. The van der Waals surface area contributed by atoms with Crippen molar-refractivity contribution in [2.45, 2.75) is 18.6 Å². The van der Waals surface area contributed by atoms with Crippen LogP contribution in [0.2, 0.25) is 0 Å². The number of rotatable bonds is 5. The summed E-state index contributed by atoms with van der Waals surface area (Å²) < 4.78 is 7.53. The van der Waals surface area contributed by atoms with Crippen molar-refractivity contribution >= 4 is 28.7 Å². The van der Waals surface area contributed by atoms with Crippen LogP contribution in [0, 0.1) is 6.92 Å². The molecule has 0 unspecified atom stereocenters. The normalized spacial score (nSPS) is 11.1. The van der Waals surface area contributed by atoms with Crippen LogP contribution >= 0.6 is 11.8 Å². The topological polar surface area (TPSA) is 51.3 Å². The molecule has 0 atom stereocenters. The zero-order chi connectivity index (χ0) is 16.4. The first-order valence-electron chi connectivity index (χ1n) is 7.38. The van der Waals surface area contributed by atoms with Gasteiger partial charge in [0.1, 0.15) is 11.5 Å². The Morgan fingerprint density at radius 1 is 1.30 bits per heavy atom. The van der Waals surface area contributed by atoms with Gasteiger partial charge >= 0.3 is 0 Å². The number of aryl methyl sites for hydroxylation is 2. The van der Waals surface area contributed by atoms with E-state index in [1.54, 1.807) is 11.9 Å². The van der Waals surface area contributed by atoms with Gasteiger partial charge in [-0.2, -0.15) is 0 Å². The lowest BCUT2D eigenvalue weighted by atomic mass is 10.3. The molecule has 1 aromatic carbocycles. The lowest BCUT2D eigenvalue weighted by Gasteiger charge is -2.15. The van der Waals surface area contributed by atoms with Crippen LogP contribution in [0.15, 0.2) is 46.0 Å². The molecule has 0 aliphatic carbocycles. The van der Waals surface area contributed by atoms with Crippen LogP contribution in [-0.4, -0.2) is 33.2 Å². The third-order valence-corrected chi connectivity index (χ3v) is 4.70. The molecule has 5 nitrogen and oxygen atoms in total. The van der Waals surface area contributed by atoms with Crippen LogP contribution in [0.1, 0.15) is 11.5 Å². The van der Waals surface area contributed by atoms with E-state index in [0.29, 0.717) is 12.3 Å². The second-order valence-electron chi connectivity index (χ2n) is 5.49. The standard InChI is InChI=1S/C17H19N3O2S/c1-12-8-9-13(22-12)10-19(2)16(21)11-23-17-18-14-6-4-5-7-15(14)20(17)3/h4-9H,10-11H2,1-3H3. The summed E-state index contributed by atoms with van der Waals surface area (Å²) >= 11 is 1.46. The van der Waals surface area contributed by atoms with E-state index in [4.69, 9.17) is 4.42 Å². The number of aromatic nitrogens is 2. The highest BCUT2D eigenvalue weighted by Crippen LogP contribution is 2.23. The molecule has 0 radical (unpaired) electrons.